The lowest BCUT2D eigenvalue weighted by Gasteiger charge is -2.35. The van der Waals surface area contributed by atoms with Gasteiger partial charge in [0.25, 0.3) is 5.91 Å². The molecule has 0 saturated carbocycles. The third-order valence-corrected chi connectivity index (χ3v) is 4.82. The van der Waals surface area contributed by atoms with E-state index in [1.165, 1.54) is 0 Å². The number of rotatable bonds is 4. The first-order valence-electron chi connectivity index (χ1n) is 8.42. The molecule has 2 fully saturated rings. The molecule has 2 aliphatic rings. The van der Waals surface area contributed by atoms with E-state index in [1.807, 2.05) is 18.2 Å². The molecule has 0 aliphatic carbocycles. The summed E-state index contributed by atoms with van der Waals surface area (Å²) in [4.78, 5) is 18.8. The zero-order chi connectivity index (χ0) is 16.4. The van der Waals surface area contributed by atoms with Gasteiger partial charge in [-0.2, -0.15) is 0 Å². The highest BCUT2D eigenvalue weighted by Gasteiger charge is 2.41. The van der Waals surface area contributed by atoms with Crippen molar-refractivity contribution in [1.82, 2.24) is 9.88 Å². The molecule has 24 heavy (non-hydrogen) atoms. The van der Waals surface area contributed by atoms with E-state index < -0.39 is 0 Å². The van der Waals surface area contributed by atoms with Gasteiger partial charge in [0.2, 0.25) is 0 Å². The van der Waals surface area contributed by atoms with Crippen molar-refractivity contribution in [3.63, 3.8) is 0 Å². The maximum atomic E-state index is 12.4. The zero-order valence-corrected chi connectivity index (χ0v) is 13.4. The van der Waals surface area contributed by atoms with E-state index >= 15 is 0 Å². The Bertz CT molecular complexity index is 674. The number of nitrogens with one attached hydrogen (secondary N) is 1. The second kappa shape index (κ2) is 6.75. The van der Waals surface area contributed by atoms with Crippen LogP contribution in [0.15, 0.2) is 47.3 Å². The fourth-order valence-electron chi connectivity index (χ4n) is 3.67. The maximum Gasteiger partial charge on any atom is 0.253 e. The molecule has 4 heterocycles. The molecule has 4 rings (SSSR count). The van der Waals surface area contributed by atoms with E-state index in [2.05, 4.69) is 15.2 Å². The number of hydrogen-bond acceptors (Lipinski definition) is 5. The first-order valence-corrected chi connectivity index (χ1v) is 8.42. The van der Waals surface area contributed by atoms with Gasteiger partial charge in [-0.15, -0.1) is 0 Å². The van der Waals surface area contributed by atoms with Crippen LogP contribution in [0.2, 0.25) is 0 Å². The summed E-state index contributed by atoms with van der Waals surface area (Å²) in [6.45, 7) is 1.79. The van der Waals surface area contributed by atoms with E-state index in [9.17, 15) is 4.79 Å². The van der Waals surface area contributed by atoms with Gasteiger partial charge in [-0.25, -0.2) is 0 Å². The number of amides is 1. The highest BCUT2D eigenvalue weighted by atomic mass is 16.5. The van der Waals surface area contributed by atoms with Crippen molar-refractivity contribution in [2.45, 2.75) is 44.1 Å². The number of fused-ring (bicyclic) bond motifs is 1. The van der Waals surface area contributed by atoms with Gasteiger partial charge in [0.05, 0.1) is 30.8 Å². The van der Waals surface area contributed by atoms with Crippen molar-refractivity contribution in [1.29, 1.82) is 0 Å². The summed E-state index contributed by atoms with van der Waals surface area (Å²) in [5, 5.41) is 2.88. The monoisotopic (exact) mass is 327 g/mol. The molecular weight excluding hydrogens is 306 g/mol. The topological polar surface area (TPSA) is 67.6 Å². The van der Waals surface area contributed by atoms with Crippen LogP contribution in [-0.2, 0) is 16.1 Å². The van der Waals surface area contributed by atoms with Crippen LogP contribution in [-0.4, -0.2) is 40.6 Å². The third-order valence-electron chi connectivity index (χ3n) is 4.82. The van der Waals surface area contributed by atoms with Crippen LogP contribution in [0.4, 0.5) is 5.69 Å². The molecule has 1 N–H and O–H groups in total. The number of anilines is 1. The van der Waals surface area contributed by atoms with Crippen LogP contribution >= 0.6 is 0 Å². The zero-order valence-electron chi connectivity index (χ0n) is 13.4. The smallest absolute Gasteiger partial charge is 0.253 e. The number of aromatic nitrogens is 1. The van der Waals surface area contributed by atoms with Gasteiger partial charge < -0.3 is 14.5 Å². The number of furan rings is 1. The number of carbonyl (C=O) groups is 1. The lowest BCUT2D eigenvalue weighted by Crippen LogP contribution is -2.46. The minimum absolute atomic E-state index is 0.0778. The van der Waals surface area contributed by atoms with Gasteiger partial charge in [0.15, 0.2) is 0 Å². The van der Waals surface area contributed by atoms with Gasteiger partial charge in [-0.05, 0) is 43.5 Å². The Morgan fingerprint density at radius 2 is 2.25 bits per heavy atom. The van der Waals surface area contributed by atoms with Crippen LogP contribution < -0.4 is 5.32 Å². The van der Waals surface area contributed by atoms with Crippen LogP contribution in [0.1, 0.15) is 25.0 Å². The highest BCUT2D eigenvalue weighted by Crippen LogP contribution is 2.32. The van der Waals surface area contributed by atoms with Crippen molar-refractivity contribution in [3.8, 4) is 0 Å². The molecule has 1 amide bonds. The molecule has 126 valence electrons. The molecule has 2 saturated heterocycles. The van der Waals surface area contributed by atoms with Crippen LogP contribution in [0.5, 0.6) is 0 Å². The quantitative estimate of drug-likeness (QED) is 0.934. The Labute approximate surface area is 140 Å². The van der Waals surface area contributed by atoms with Crippen molar-refractivity contribution >= 4 is 11.6 Å². The van der Waals surface area contributed by atoms with Crippen molar-refractivity contribution in [2.24, 2.45) is 0 Å². The fraction of sp³-hybridized carbons (Fsp3) is 0.444. The summed E-state index contributed by atoms with van der Waals surface area (Å²) >= 11 is 0. The Balaban J connectivity index is 1.34. The number of hydrogen-bond donors (Lipinski definition) is 1. The summed E-state index contributed by atoms with van der Waals surface area (Å²) in [6.07, 6.45) is 7.45. The molecule has 0 spiro atoms. The second-order valence-corrected chi connectivity index (χ2v) is 6.38. The lowest BCUT2D eigenvalue weighted by atomic mass is 9.98. The summed E-state index contributed by atoms with van der Waals surface area (Å²) in [5.41, 5.74) is 0.707. The lowest BCUT2D eigenvalue weighted by molar-refractivity contribution is -0.138. The van der Waals surface area contributed by atoms with Crippen molar-refractivity contribution in [2.75, 3.05) is 11.9 Å². The molecular formula is C18H21N3O3. The van der Waals surface area contributed by atoms with Gasteiger partial charge in [-0.3, -0.25) is 14.7 Å². The predicted octanol–water partition coefficient (Wildman–Crippen LogP) is 2.44. The SMILES string of the molecule is O=C(Nc1cccnc1)[C@@H]1CC[C@H]2[C@H](CCN2Cc2ccco2)O1. The van der Waals surface area contributed by atoms with Crippen molar-refractivity contribution in [3.05, 3.63) is 48.7 Å². The number of likely N-dealkylation sites (tertiary alicyclic amines) is 1. The molecule has 0 radical (unpaired) electrons. The van der Waals surface area contributed by atoms with Gasteiger partial charge in [0.1, 0.15) is 11.9 Å². The van der Waals surface area contributed by atoms with E-state index in [0.717, 1.165) is 38.1 Å². The highest BCUT2D eigenvalue weighted by molar-refractivity contribution is 5.94. The first kappa shape index (κ1) is 15.4. The van der Waals surface area contributed by atoms with Crippen LogP contribution in [0.3, 0.4) is 0 Å². The van der Waals surface area contributed by atoms with Gasteiger partial charge in [0, 0.05) is 18.8 Å². The normalized spacial score (nSPS) is 26.9. The van der Waals surface area contributed by atoms with Crippen LogP contribution in [0, 0.1) is 0 Å². The Kier molecular flexibility index (Phi) is 4.32. The second-order valence-electron chi connectivity index (χ2n) is 6.38. The molecule has 2 aromatic rings. The van der Waals surface area contributed by atoms with E-state index in [-0.39, 0.29) is 18.1 Å². The first-order chi connectivity index (χ1) is 11.8. The van der Waals surface area contributed by atoms with Gasteiger partial charge in [-0.1, -0.05) is 0 Å². The largest absolute Gasteiger partial charge is 0.468 e. The fourth-order valence-corrected chi connectivity index (χ4v) is 3.67. The third kappa shape index (κ3) is 3.20. The number of ether oxygens (including phenoxy) is 1. The molecule has 2 aromatic heterocycles. The summed E-state index contributed by atoms with van der Waals surface area (Å²) in [6, 6.07) is 7.92. The summed E-state index contributed by atoms with van der Waals surface area (Å²) in [7, 11) is 0. The molecule has 2 aliphatic heterocycles. The molecule has 6 nitrogen and oxygen atoms in total. The average Bonchev–Trinajstić information content (AvgIpc) is 3.26. The number of pyridine rings is 1. The molecule has 0 unspecified atom stereocenters. The van der Waals surface area contributed by atoms with Crippen molar-refractivity contribution < 1.29 is 13.9 Å². The Morgan fingerprint density at radius 1 is 1.29 bits per heavy atom. The maximum absolute atomic E-state index is 12.4. The minimum Gasteiger partial charge on any atom is -0.468 e. The van der Waals surface area contributed by atoms with E-state index in [4.69, 9.17) is 9.15 Å². The summed E-state index contributed by atoms with van der Waals surface area (Å²) < 4.78 is 11.5. The van der Waals surface area contributed by atoms with E-state index in [1.54, 1.807) is 24.7 Å². The predicted molar refractivity (Wildman–Crippen MR) is 88.3 cm³/mol. The minimum atomic E-state index is -0.380. The molecule has 3 atom stereocenters. The van der Waals surface area contributed by atoms with Gasteiger partial charge >= 0.3 is 0 Å². The molecule has 0 aromatic carbocycles. The number of carbonyl (C=O) groups excluding carboxylic acids is 1. The Morgan fingerprint density at radius 3 is 3.04 bits per heavy atom. The standard InChI is InChI=1S/C18H21N3O3/c22-18(20-13-3-1-8-19-11-13)17-6-5-15-16(24-17)7-9-21(15)12-14-4-2-10-23-14/h1-4,8,10-11,15-17H,5-7,9,12H2,(H,20,22)/t15-,16-,17-/m0/s1. The average molecular weight is 327 g/mol. The van der Waals surface area contributed by atoms with E-state index in [0.29, 0.717) is 11.7 Å². The molecule has 6 heteroatoms. The number of nitrogens with zero attached hydrogens (tertiary/aromatic N) is 2. The van der Waals surface area contributed by atoms with Crippen LogP contribution in [0.25, 0.3) is 0 Å². The molecule has 0 bridgehead atoms. The summed E-state index contributed by atoms with van der Waals surface area (Å²) in [5.74, 6) is 0.901. The Hall–Kier alpha value is -2.18.